The molecule has 29 heavy (non-hydrogen) atoms. The van der Waals surface area contributed by atoms with Gasteiger partial charge in [-0.3, -0.25) is 9.47 Å². The minimum atomic E-state index is 0.712. The number of piperazine rings is 1. The Labute approximate surface area is 175 Å². The zero-order valence-corrected chi connectivity index (χ0v) is 17.9. The second kappa shape index (κ2) is 9.28. The minimum absolute atomic E-state index is 0.712. The molecule has 1 aromatic carbocycles. The molecule has 2 aromatic heterocycles. The van der Waals surface area contributed by atoms with Crippen molar-refractivity contribution in [1.29, 1.82) is 0 Å². The molecule has 3 aromatic rings. The van der Waals surface area contributed by atoms with Crippen LogP contribution < -0.4 is 15.0 Å². The maximum Gasteiger partial charge on any atom is 0.218 e. The zero-order chi connectivity index (χ0) is 20.1. The number of methoxy groups -OCH3 is 1. The average molecular weight is 413 g/mol. The summed E-state index contributed by atoms with van der Waals surface area (Å²) in [6, 6.07) is 12.1. The van der Waals surface area contributed by atoms with Gasteiger partial charge in [-0.2, -0.15) is 0 Å². The molecule has 0 saturated carbocycles. The van der Waals surface area contributed by atoms with E-state index in [4.69, 9.17) is 4.74 Å². The predicted molar refractivity (Wildman–Crippen MR) is 119 cm³/mol. The van der Waals surface area contributed by atoms with Crippen molar-refractivity contribution in [3.8, 4) is 10.9 Å². The molecule has 0 bridgehead atoms. The Morgan fingerprint density at radius 1 is 1.03 bits per heavy atom. The predicted octanol–water partition coefficient (Wildman–Crippen LogP) is 3.48. The van der Waals surface area contributed by atoms with Crippen LogP contribution in [0.4, 0.5) is 10.8 Å². The van der Waals surface area contributed by atoms with Crippen LogP contribution in [-0.2, 0) is 6.54 Å². The number of anilines is 2. The van der Waals surface area contributed by atoms with E-state index in [2.05, 4.69) is 55.1 Å². The summed E-state index contributed by atoms with van der Waals surface area (Å²) in [5.74, 6) is 0.857. The Balaban J connectivity index is 1.39. The van der Waals surface area contributed by atoms with Gasteiger partial charge in [0, 0.05) is 43.8 Å². The van der Waals surface area contributed by atoms with Crippen molar-refractivity contribution in [2.24, 2.45) is 0 Å². The Bertz CT molecular complexity index is 898. The van der Waals surface area contributed by atoms with Crippen LogP contribution >= 0.6 is 11.3 Å². The van der Waals surface area contributed by atoms with Gasteiger partial charge in [-0.25, -0.2) is 0 Å². The van der Waals surface area contributed by atoms with E-state index in [1.165, 1.54) is 13.0 Å². The molecule has 1 aliphatic heterocycles. The summed E-state index contributed by atoms with van der Waals surface area (Å²) in [5, 5.41) is 14.3. The van der Waals surface area contributed by atoms with Gasteiger partial charge < -0.3 is 15.0 Å². The lowest BCUT2D eigenvalue weighted by Crippen LogP contribution is -2.46. The van der Waals surface area contributed by atoms with Crippen LogP contribution in [0.15, 0.2) is 42.6 Å². The van der Waals surface area contributed by atoms with Crippen LogP contribution in [0.25, 0.3) is 5.13 Å². The first-order chi connectivity index (χ1) is 14.3. The van der Waals surface area contributed by atoms with Crippen molar-refractivity contribution in [1.82, 2.24) is 19.7 Å². The third-order valence-electron chi connectivity index (χ3n) is 5.19. The second-order valence-corrected chi connectivity index (χ2v) is 8.08. The molecule has 0 atom stereocenters. The van der Waals surface area contributed by atoms with E-state index in [9.17, 15) is 0 Å². The third-order valence-corrected chi connectivity index (χ3v) is 6.17. The number of rotatable bonds is 8. The first-order valence-corrected chi connectivity index (χ1v) is 10.9. The molecule has 7 nitrogen and oxygen atoms in total. The highest BCUT2D eigenvalue weighted by molar-refractivity contribution is 7.17. The van der Waals surface area contributed by atoms with E-state index in [1.807, 2.05) is 24.3 Å². The first kappa shape index (κ1) is 19.7. The summed E-state index contributed by atoms with van der Waals surface area (Å²) < 4.78 is 7.33. The topological polar surface area (TPSA) is 58.5 Å². The smallest absolute Gasteiger partial charge is 0.218 e. The lowest BCUT2D eigenvalue weighted by molar-refractivity contribution is 0.258. The number of ether oxygens (including phenoxy) is 1. The molecular formula is C21H28N6OS. The molecule has 1 fully saturated rings. The Morgan fingerprint density at radius 3 is 2.52 bits per heavy atom. The van der Waals surface area contributed by atoms with Crippen molar-refractivity contribution in [2.75, 3.05) is 50.1 Å². The lowest BCUT2D eigenvalue weighted by atomic mass is 10.3. The normalized spacial score (nSPS) is 14.9. The highest BCUT2D eigenvalue weighted by Crippen LogP contribution is 2.26. The highest BCUT2D eigenvalue weighted by Gasteiger charge is 2.20. The fraction of sp³-hybridized carbons (Fsp3) is 0.429. The Morgan fingerprint density at radius 2 is 1.79 bits per heavy atom. The van der Waals surface area contributed by atoms with Crippen LogP contribution in [0.3, 0.4) is 0 Å². The van der Waals surface area contributed by atoms with E-state index in [-0.39, 0.29) is 0 Å². The molecular weight excluding hydrogens is 384 g/mol. The van der Waals surface area contributed by atoms with Gasteiger partial charge >= 0.3 is 0 Å². The van der Waals surface area contributed by atoms with E-state index in [0.29, 0.717) is 6.54 Å². The van der Waals surface area contributed by atoms with Gasteiger partial charge in [-0.15, -0.1) is 10.2 Å². The fourth-order valence-electron chi connectivity index (χ4n) is 3.56. The van der Waals surface area contributed by atoms with E-state index in [1.54, 1.807) is 18.4 Å². The van der Waals surface area contributed by atoms with E-state index >= 15 is 0 Å². The number of nitrogens with one attached hydrogen (secondary N) is 1. The molecule has 1 N–H and O–H groups in total. The number of aromatic nitrogens is 3. The van der Waals surface area contributed by atoms with Gasteiger partial charge in [0.15, 0.2) is 0 Å². The van der Waals surface area contributed by atoms with Gasteiger partial charge in [-0.1, -0.05) is 18.3 Å². The molecule has 0 unspecified atom stereocenters. The number of benzene rings is 1. The van der Waals surface area contributed by atoms with Gasteiger partial charge in [0.1, 0.15) is 5.75 Å². The van der Waals surface area contributed by atoms with Crippen LogP contribution in [0.1, 0.15) is 19.0 Å². The largest absolute Gasteiger partial charge is 0.497 e. The Kier molecular flexibility index (Phi) is 6.31. The van der Waals surface area contributed by atoms with Gasteiger partial charge in [0.05, 0.1) is 13.7 Å². The van der Waals surface area contributed by atoms with Crippen molar-refractivity contribution < 1.29 is 4.74 Å². The van der Waals surface area contributed by atoms with Crippen molar-refractivity contribution in [3.05, 3.63) is 48.3 Å². The lowest BCUT2D eigenvalue weighted by Gasteiger charge is -2.33. The molecule has 1 saturated heterocycles. The van der Waals surface area contributed by atoms with Crippen molar-refractivity contribution >= 4 is 22.2 Å². The molecule has 154 valence electrons. The van der Waals surface area contributed by atoms with Crippen LogP contribution in [0.2, 0.25) is 0 Å². The molecule has 3 heterocycles. The molecule has 4 rings (SSSR count). The van der Waals surface area contributed by atoms with Crippen LogP contribution in [-0.4, -0.2) is 59.5 Å². The summed E-state index contributed by atoms with van der Waals surface area (Å²) in [5.41, 5.74) is 2.21. The van der Waals surface area contributed by atoms with Crippen molar-refractivity contribution in [2.45, 2.75) is 19.9 Å². The van der Waals surface area contributed by atoms with Gasteiger partial charge in [-0.05, 0) is 49.4 Å². The number of nitrogens with zero attached hydrogens (tertiary/aromatic N) is 5. The third kappa shape index (κ3) is 4.71. The summed E-state index contributed by atoms with van der Waals surface area (Å²) >= 11 is 1.66. The summed E-state index contributed by atoms with van der Waals surface area (Å²) in [4.78, 5) is 4.87. The van der Waals surface area contributed by atoms with E-state index < -0.39 is 0 Å². The van der Waals surface area contributed by atoms with Gasteiger partial charge in [0.2, 0.25) is 10.3 Å². The van der Waals surface area contributed by atoms with E-state index in [0.717, 1.165) is 53.6 Å². The number of hydrogen-bond donors (Lipinski definition) is 1. The zero-order valence-electron chi connectivity index (χ0n) is 17.0. The molecule has 0 spiro atoms. The fourth-order valence-corrected chi connectivity index (χ4v) is 4.48. The molecule has 8 heteroatoms. The highest BCUT2D eigenvalue weighted by atomic mass is 32.1. The van der Waals surface area contributed by atoms with Gasteiger partial charge in [0.25, 0.3) is 0 Å². The summed E-state index contributed by atoms with van der Waals surface area (Å²) in [7, 11) is 1.68. The SMILES string of the molecule is CCCN1CCN(c2nnc(-n3cccc3CNc3ccc(OC)cc3)s2)CC1. The van der Waals surface area contributed by atoms with Crippen molar-refractivity contribution in [3.63, 3.8) is 0 Å². The average Bonchev–Trinajstić information content (AvgIpc) is 3.43. The maximum atomic E-state index is 5.21. The minimum Gasteiger partial charge on any atom is -0.497 e. The molecule has 0 aliphatic carbocycles. The summed E-state index contributed by atoms with van der Waals surface area (Å²) in [6.07, 6.45) is 3.26. The second-order valence-electron chi connectivity index (χ2n) is 7.15. The van der Waals surface area contributed by atoms with Crippen LogP contribution in [0, 0.1) is 0 Å². The Hall–Kier alpha value is -2.58. The maximum absolute atomic E-state index is 5.21. The monoisotopic (exact) mass is 412 g/mol. The number of hydrogen-bond acceptors (Lipinski definition) is 7. The standard InChI is InChI=1S/C21H28N6OS/c1-3-10-25-12-14-26(15-13-25)20-23-24-21(29-20)27-11-4-5-18(27)16-22-17-6-8-19(28-2)9-7-17/h4-9,11,22H,3,10,12-16H2,1-2H3. The molecule has 1 aliphatic rings. The molecule has 0 amide bonds. The quantitative estimate of drug-likeness (QED) is 0.611. The first-order valence-electron chi connectivity index (χ1n) is 10.1. The summed E-state index contributed by atoms with van der Waals surface area (Å²) in [6.45, 7) is 8.37. The van der Waals surface area contributed by atoms with Crippen LogP contribution in [0.5, 0.6) is 5.75 Å². The molecule has 0 radical (unpaired) electrons.